The summed E-state index contributed by atoms with van der Waals surface area (Å²) in [5, 5.41) is 0.0226. The highest BCUT2D eigenvalue weighted by atomic mass is 32.2. The van der Waals surface area contributed by atoms with E-state index >= 15 is 0 Å². The molecular weight excluding hydrogens is 298 g/mol. The second-order valence-electron chi connectivity index (χ2n) is 4.48. The molecular formula is C17H13NOS2. The first-order valence-corrected chi connectivity index (χ1v) is 8.36. The Morgan fingerprint density at radius 2 is 1.67 bits per heavy atom. The second-order valence-corrected chi connectivity index (χ2v) is 6.67. The van der Waals surface area contributed by atoms with Crippen LogP contribution in [0.15, 0.2) is 71.4 Å². The predicted octanol–water partition coefficient (Wildman–Crippen LogP) is 4.59. The van der Waals surface area contributed by atoms with Gasteiger partial charge in [-0.3, -0.25) is 4.79 Å². The van der Waals surface area contributed by atoms with Crippen LogP contribution in [-0.2, 0) is 10.5 Å². The second kappa shape index (κ2) is 6.78. The molecule has 2 aromatic carbocycles. The Labute approximate surface area is 132 Å². The summed E-state index contributed by atoms with van der Waals surface area (Å²) in [5.74, 6) is 0.832. The molecule has 0 saturated carbocycles. The van der Waals surface area contributed by atoms with E-state index in [0.717, 1.165) is 15.7 Å². The van der Waals surface area contributed by atoms with Gasteiger partial charge in [0, 0.05) is 5.75 Å². The van der Waals surface area contributed by atoms with Crippen molar-refractivity contribution in [2.45, 2.75) is 5.75 Å². The Bertz CT molecular complexity index is 693. The zero-order valence-corrected chi connectivity index (χ0v) is 12.9. The summed E-state index contributed by atoms with van der Waals surface area (Å²) in [6.45, 7) is 0. The summed E-state index contributed by atoms with van der Waals surface area (Å²) in [6, 6.07) is 20.0. The molecule has 0 saturated heterocycles. The number of rotatable bonds is 3. The van der Waals surface area contributed by atoms with Gasteiger partial charge in [-0.05, 0) is 29.0 Å². The summed E-state index contributed by atoms with van der Waals surface area (Å²) >= 11 is 2.82. The van der Waals surface area contributed by atoms with Gasteiger partial charge >= 0.3 is 0 Å². The molecule has 2 nitrogen and oxygen atoms in total. The molecule has 0 fully saturated rings. The van der Waals surface area contributed by atoms with Crippen molar-refractivity contribution in [1.82, 2.24) is 0 Å². The largest absolute Gasteiger partial charge is 0.279 e. The molecule has 0 aliphatic carbocycles. The van der Waals surface area contributed by atoms with Gasteiger partial charge in [-0.1, -0.05) is 72.4 Å². The van der Waals surface area contributed by atoms with Crippen LogP contribution in [0.3, 0.4) is 0 Å². The molecule has 0 aromatic heterocycles. The molecule has 4 heteroatoms. The van der Waals surface area contributed by atoms with Crippen molar-refractivity contribution in [3.05, 3.63) is 77.5 Å². The average molecular weight is 311 g/mol. The van der Waals surface area contributed by atoms with Crippen molar-refractivity contribution in [2.24, 2.45) is 4.99 Å². The molecule has 0 bridgehead atoms. The highest BCUT2D eigenvalue weighted by Crippen LogP contribution is 2.32. The van der Waals surface area contributed by atoms with E-state index in [2.05, 4.69) is 17.1 Å². The lowest BCUT2D eigenvalue weighted by molar-refractivity contribution is -0.107. The van der Waals surface area contributed by atoms with Crippen molar-refractivity contribution in [1.29, 1.82) is 0 Å². The van der Waals surface area contributed by atoms with Crippen molar-refractivity contribution in [2.75, 3.05) is 0 Å². The molecule has 0 radical (unpaired) electrons. The van der Waals surface area contributed by atoms with Gasteiger partial charge in [0.2, 0.25) is 5.12 Å². The monoisotopic (exact) mass is 311 g/mol. The van der Waals surface area contributed by atoms with E-state index in [0.29, 0.717) is 5.70 Å². The highest BCUT2D eigenvalue weighted by Gasteiger charge is 2.22. The number of nitrogens with zero attached hydrogens (tertiary/aromatic N) is 1. The molecule has 0 unspecified atom stereocenters. The smallest absolute Gasteiger partial charge is 0.244 e. The van der Waals surface area contributed by atoms with E-state index in [4.69, 9.17) is 0 Å². The van der Waals surface area contributed by atoms with E-state index in [9.17, 15) is 4.79 Å². The maximum atomic E-state index is 12.0. The van der Waals surface area contributed by atoms with E-state index < -0.39 is 0 Å². The third-order valence-electron chi connectivity index (χ3n) is 2.91. The lowest BCUT2D eigenvalue weighted by atomic mass is 10.2. The van der Waals surface area contributed by atoms with E-state index in [1.165, 1.54) is 17.3 Å². The molecule has 104 valence electrons. The number of carbonyl (C=O) groups excluding carboxylic acids is 1. The molecule has 1 aliphatic rings. The molecule has 0 N–H and O–H groups in total. The Balaban J connectivity index is 1.69. The van der Waals surface area contributed by atoms with Crippen LogP contribution in [0, 0.1) is 0 Å². The van der Waals surface area contributed by atoms with E-state index in [1.807, 2.05) is 54.6 Å². The van der Waals surface area contributed by atoms with Crippen molar-refractivity contribution >= 4 is 39.1 Å². The van der Waals surface area contributed by atoms with Crippen LogP contribution in [0.4, 0.5) is 0 Å². The molecule has 3 rings (SSSR count). The molecule has 0 spiro atoms. The van der Waals surface area contributed by atoms with Crippen LogP contribution in [0.2, 0.25) is 0 Å². The number of hydrogen-bond donors (Lipinski definition) is 0. The Morgan fingerprint density at radius 1 is 1.00 bits per heavy atom. The zero-order valence-electron chi connectivity index (χ0n) is 11.2. The van der Waals surface area contributed by atoms with Crippen molar-refractivity contribution < 1.29 is 4.79 Å². The topological polar surface area (TPSA) is 29.4 Å². The minimum Gasteiger partial charge on any atom is -0.279 e. The standard InChI is InChI=1S/C17H13NOS2/c19-16-15(11-13-7-3-1-4-8-13)18-17(21-16)20-12-14-9-5-2-6-10-14/h1-11H,12H2. The van der Waals surface area contributed by atoms with Gasteiger partial charge in [0.25, 0.3) is 0 Å². The fourth-order valence-corrected chi connectivity index (χ4v) is 3.67. The van der Waals surface area contributed by atoms with Crippen LogP contribution in [0.25, 0.3) is 6.08 Å². The third kappa shape index (κ3) is 3.86. The lowest BCUT2D eigenvalue weighted by Gasteiger charge is -1.98. The van der Waals surface area contributed by atoms with Gasteiger partial charge in [0.15, 0.2) is 0 Å². The summed E-state index contributed by atoms with van der Waals surface area (Å²) in [5.41, 5.74) is 2.76. The fraction of sp³-hybridized carbons (Fsp3) is 0.0588. The molecule has 21 heavy (non-hydrogen) atoms. The highest BCUT2D eigenvalue weighted by molar-refractivity contribution is 8.45. The quantitative estimate of drug-likeness (QED) is 0.776. The van der Waals surface area contributed by atoms with Crippen molar-refractivity contribution in [3.8, 4) is 0 Å². The molecule has 2 aromatic rings. The van der Waals surface area contributed by atoms with E-state index in [1.54, 1.807) is 11.8 Å². The number of benzene rings is 2. The van der Waals surface area contributed by atoms with E-state index in [-0.39, 0.29) is 5.12 Å². The minimum absolute atomic E-state index is 0.0226. The number of aliphatic imine (C=N–C) groups is 1. The van der Waals surface area contributed by atoms with Crippen LogP contribution in [0.5, 0.6) is 0 Å². The first-order valence-electron chi connectivity index (χ1n) is 6.55. The Kier molecular flexibility index (Phi) is 4.58. The molecule has 1 heterocycles. The minimum atomic E-state index is 0.0226. The summed E-state index contributed by atoms with van der Waals surface area (Å²) in [7, 11) is 0. The van der Waals surface area contributed by atoms with Gasteiger partial charge in [-0.15, -0.1) is 0 Å². The van der Waals surface area contributed by atoms with Gasteiger partial charge < -0.3 is 0 Å². The first-order chi connectivity index (χ1) is 10.3. The molecule has 0 atom stereocenters. The fourth-order valence-electron chi connectivity index (χ4n) is 1.88. The maximum Gasteiger partial charge on any atom is 0.244 e. The van der Waals surface area contributed by atoms with Crippen LogP contribution in [0.1, 0.15) is 11.1 Å². The van der Waals surface area contributed by atoms with Gasteiger partial charge in [0.1, 0.15) is 10.1 Å². The Hall–Kier alpha value is -1.78. The summed E-state index contributed by atoms with van der Waals surface area (Å²) in [4.78, 5) is 16.4. The van der Waals surface area contributed by atoms with Gasteiger partial charge in [0.05, 0.1) is 0 Å². The van der Waals surface area contributed by atoms with Crippen molar-refractivity contribution in [3.63, 3.8) is 0 Å². The maximum absolute atomic E-state index is 12.0. The molecule has 1 aliphatic heterocycles. The number of hydrogen-bond acceptors (Lipinski definition) is 4. The third-order valence-corrected chi connectivity index (χ3v) is 4.99. The lowest BCUT2D eigenvalue weighted by Crippen LogP contribution is -1.88. The number of carbonyl (C=O) groups is 1. The van der Waals surface area contributed by atoms with Crippen LogP contribution >= 0.6 is 23.5 Å². The summed E-state index contributed by atoms with van der Waals surface area (Å²) in [6.07, 6.45) is 1.84. The van der Waals surface area contributed by atoms with Crippen LogP contribution < -0.4 is 0 Å². The predicted molar refractivity (Wildman–Crippen MR) is 92.2 cm³/mol. The van der Waals surface area contributed by atoms with Gasteiger partial charge in [-0.2, -0.15) is 0 Å². The SMILES string of the molecule is O=C1SC(SCc2ccccc2)=NC1=Cc1ccccc1. The Morgan fingerprint density at radius 3 is 2.38 bits per heavy atom. The molecule has 0 amide bonds. The average Bonchev–Trinajstić information content (AvgIpc) is 2.87. The number of thioether (sulfide) groups is 2. The van der Waals surface area contributed by atoms with Gasteiger partial charge in [-0.25, -0.2) is 4.99 Å². The normalized spacial score (nSPS) is 16.3. The first kappa shape index (κ1) is 14.2. The summed E-state index contributed by atoms with van der Waals surface area (Å²) < 4.78 is 0.825. The van der Waals surface area contributed by atoms with Crippen LogP contribution in [-0.4, -0.2) is 9.49 Å². The zero-order chi connectivity index (χ0) is 14.5.